The van der Waals surface area contributed by atoms with Crippen molar-refractivity contribution in [1.82, 2.24) is 5.32 Å². The van der Waals surface area contributed by atoms with Crippen LogP contribution in [0.1, 0.15) is 17.3 Å². The number of carboxylic acids is 1. The molecule has 1 heterocycles. The fourth-order valence-electron chi connectivity index (χ4n) is 1.53. The molecule has 1 aromatic carbocycles. The Balaban J connectivity index is 2.08. The van der Waals surface area contributed by atoms with Gasteiger partial charge in [-0.1, -0.05) is 18.5 Å². The maximum atomic E-state index is 11.9. The minimum absolute atomic E-state index is 0.0419. The van der Waals surface area contributed by atoms with Crippen molar-refractivity contribution in [3.8, 4) is 11.5 Å². The van der Waals surface area contributed by atoms with Crippen molar-refractivity contribution in [2.24, 2.45) is 5.92 Å². The zero-order valence-electron chi connectivity index (χ0n) is 10.1. The number of ether oxygens (including phenoxy) is 2. The van der Waals surface area contributed by atoms with Crippen LogP contribution in [0.25, 0.3) is 0 Å². The van der Waals surface area contributed by atoms with Crippen molar-refractivity contribution in [3.63, 3.8) is 0 Å². The first-order valence-corrected chi connectivity index (χ1v) is 5.97. The minimum Gasteiger partial charge on any atom is -0.481 e. The van der Waals surface area contributed by atoms with Gasteiger partial charge in [-0.05, 0) is 12.1 Å². The van der Waals surface area contributed by atoms with Crippen molar-refractivity contribution in [2.75, 3.05) is 13.3 Å². The van der Waals surface area contributed by atoms with Crippen LogP contribution in [0.2, 0.25) is 5.02 Å². The van der Waals surface area contributed by atoms with Crippen molar-refractivity contribution < 1.29 is 24.2 Å². The Morgan fingerprint density at radius 3 is 2.89 bits per heavy atom. The first-order chi connectivity index (χ1) is 8.99. The number of carbonyl (C=O) groups excluding carboxylic acids is 1. The summed E-state index contributed by atoms with van der Waals surface area (Å²) in [6.45, 7) is 1.62. The third-order valence-corrected chi connectivity index (χ3v) is 2.96. The molecule has 2 rings (SSSR count). The van der Waals surface area contributed by atoms with E-state index >= 15 is 0 Å². The lowest BCUT2D eigenvalue weighted by Crippen LogP contribution is -2.31. The van der Waals surface area contributed by atoms with Crippen molar-refractivity contribution in [2.45, 2.75) is 6.92 Å². The Hall–Kier alpha value is -1.95. The molecule has 0 saturated carbocycles. The van der Waals surface area contributed by atoms with Crippen LogP contribution in [-0.4, -0.2) is 30.3 Å². The number of benzene rings is 1. The molecule has 0 saturated heterocycles. The van der Waals surface area contributed by atoms with Crippen LogP contribution >= 0.6 is 11.6 Å². The quantitative estimate of drug-likeness (QED) is 0.876. The second-order valence-electron chi connectivity index (χ2n) is 4.14. The lowest BCUT2D eigenvalue weighted by atomic mass is 10.1. The molecule has 0 unspecified atom stereocenters. The largest absolute Gasteiger partial charge is 0.481 e. The SMILES string of the molecule is C[C@H](CNC(=O)c1cc(Cl)c2c(c1)OCO2)C(=O)O. The van der Waals surface area contributed by atoms with E-state index in [4.69, 9.17) is 26.2 Å². The van der Waals surface area contributed by atoms with Gasteiger partial charge in [0, 0.05) is 12.1 Å². The monoisotopic (exact) mass is 285 g/mol. The van der Waals surface area contributed by atoms with Crippen LogP contribution in [-0.2, 0) is 4.79 Å². The third-order valence-electron chi connectivity index (χ3n) is 2.68. The van der Waals surface area contributed by atoms with Crippen LogP contribution in [0.15, 0.2) is 12.1 Å². The van der Waals surface area contributed by atoms with Gasteiger partial charge in [-0.15, -0.1) is 0 Å². The van der Waals surface area contributed by atoms with E-state index in [-0.39, 0.29) is 18.4 Å². The summed E-state index contributed by atoms with van der Waals surface area (Å²) < 4.78 is 10.3. The van der Waals surface area contributed by atoms with Gasteiger partial charge < -0.3 is 19.9 Å². The van der Waals surface area contributed by atoms with Crippen LogP contribution in [0, 0.1) is 5.92 Å². The average Bonchev–Trinajstić information content (AvgIpc) is 2.83. The smallest absolute Gasteiger partial charge is 0.308 e. The number of hydrogen-bond donors (Lipinski definition) is 2. The first-order valence-electron chi connectivity index (χ1n) is 5.59. The third kappa shape index (κ3) is 2.90. The number of rotatable bonds is 4. The second-order valence-corrected chi connectivity index (χ2v) is 4.55. The topological polar surface area (TPSA) is 84.9 Å². The molecule has 0 aliphatic carbocycles. The standard InChI is InChI=1S/C12H12ClNO5/c1-6(12(16)17)4-14-11(15)7-2-8(13)10-9(3-7)18-5-19-10/h2-3,6H,4-5H2,1H3,(H,14,15)(H,16,17)/t6-/m1/s1. The van der Waals surface area contributed by atoms with Gasteiger partial charge in [0.15, 0.2) is 11.5 Å². The van der Waals surface area contributed by atoms with Crippen molar-refractivity contribution in [3.05, 3.63) is 22.7 Å². The predicted octanol–water partition coefficient (Wildman–Crippen LogP) is 1.52. The molecule has 1 amide bonds. The molecule has 0 radical (unpaired) electrons. The van der Waals surface area contributed by atoms with E-state index in [1.807, 2.05) is 0 Å². The molecule has 1 aliphatic heterocycles. The summed E-state index contributed by atoms with van der Waals surface area (Å²) in [4.78, 5) is 22.5. The molecule has 2 N–H and O–H groups in total. The molecule has 1 atom stereocenters. The number of carbonyl (C=O) groups is 2. The first kappa shape index (κ1) is 13.5. The number of nitrogens with one attached hydrogen (secondary N) is 1. The van der Waals surface area contributed by atoms with Gasteiger partial charge in [0.25, 0.3) is 5.91 Å². The van der Waals surface area contributed by atoms with Gasteiger partial charge in [0.05, 0.1) is 10.9 Å². The Kier molecular flexibility index (Phi) is 3.80. The summed E-state index contributed by atoms with van der Waals surface area (Å²) in [7, 11) is 0. The summed E-state index contributed by atoms with van der Waals surface area (Å²) in [6.07, 6.45) is 0. The van der Waals surface area contributed by atoms with Crippen LogP contribution in [0.3, 0.4) is 0 Å². The number of carboxylic acid groups (broad SMARTS) is 1. The van der Waals surface area contributed by atoms with E-state index in [1.165, 1.54) is 19.1 Å². The average molecular weight is 286 g/mol. The zero-order valence-corrected chi connectivity index (χ0v) is 10.9. The number of fused-ring (bicyclic) bond motifs is 1. The summed E-state index contributed by atoms with van der Waals surface area (Å²) in [5.41, 5.74) is 0.298. The summed E-state index contributed by atoms with van der Waals surface area (Å²) >= 11 is 5.95. The maximum absolute atomic E-state index is 11.9. The predicted molar refractivity (Wildman–Crippen MR) is 66.7 cm³/mol. The lowest BCUT2D eigenvalue weighted by Gasteiger charge is -2.09. The molecule has 19 heavy (non-hydrogen) atoms. The molecule has 1 aromatic rings. The fourth-order valence-corrected chi connectivity index (χ4v) is 1.80. The van der Waals surface area contributed by atoms with Gasteiger partial charge >= 0.3 is 5.97 Å². The number of aliphatic carboxylic acids is 1. The summed E-state index contributed by atoms with van der Waals surface area (Å²) in [6, 6.07) is 2.96. The van der Waals surface area contributed by atoms with Crippen molar-refractivity contribution >= 4 is 23.5 Å². The van der Waals surface area contributed by atoms with E-state index < -0.39 is 17.8 Å². The van der Waals surface area contributed by atoms with E-state index in [9.17, 15) is 9.59 Å². The Morgan fingerprint density at radius 1 is 1.47 bits per heavy atom. The number of halogens is 1. The molecule has 0 bridgehead atoms. The molecule has 7 heteroatoms. The highest BCUT2D eigenvalue weighted by Crippen LogP contribution is 2.39. The molecule has 0 fully saturated rings. The lowest BCUT2D eigenvalue weighted by molar-refractivity contribution is -0.140. The Morgan fingerprint density at radius 2 is 2.21 bits per heavy atom. The van der Waals surface area contributed by atoms with Gasteiger partial charge in [-0.25, -0.2) is 0 Å². The van der Waals surface area contributed by atoms with Crippen molar-refractivity contribution in [1.29, 1.82) is 0 Å². The highest BCUT2D eigenvalue weighted by molar-refractivity contribution is 6.32. The molecule has 0 spiro atoms. The summed E-state index contributed by atoms with van der Waals surface area (Å²) in [5, 5.41) is 11.5. The van der Waals surface area contributed by atoms with E-state index in [0.29, 0.717) is 17.1 Å². The Labute approximate surface area is 114 Å². The van der Waals surface area contributed by atoms with E-state index in [0.717, 1.165) is 0 Å². The fraction of sp³-hybridized carbons (Fsp3) is 0.333. The molecule has 102 valence electrons. The number of amides is 1. The van der Waals surface area contributed by atoms with Gasteiger partial charge in [-0.2, -0.15) is 0 Å². The molecule has 1 aliphatic rings. The number of hydrogen-bond acceptors (Lipinski definition) is 4. The van der Waals surface area contributed by atoms with Crippen LogP contribution in [0.5, 0.6) is 11.5 Å². The molecular formula is C12H12ClNO5. The van der Waals surface area contributed by atoms with E-state index in [1.54, 1.807) is 0 Å². The molecular weight excluding hydrogens is 274 g/mol. The van der Waals surface area contributed by atoms with Gasteiger partial charge in [-0.3, -0.25) is 9.59 Å². The zero-order chi connectivity index (χ0) is 14.0. The highest BCUT2D eigenvalue weighted by Gasteiger charge is 2.21. The summed E-state index contributed by atoms with van der Waals surface area (Å²) in [5.74, 6) is -1.22. The van der Waals surface area contributed by atoms with Gasteiger partial charge in [0.2, 0.25) is 6.79 Å². The maximum Gasteiger partial charge on any atom is 0.308 e. The molecule has 6 nitrogen and oxygen atoms in total. The molecule has 0 aromatic heterocycles. The minimum atomic E-state index is -0.969. The van der Waals surface area contributed by atoms with Gasteiger partial charge in [0.1, 0.15) is 0 Å². The normalized spacial score (nSPS) is 14.0. The Bertz CT molecular complexity index is 531. The van der Waals surface area contributed by atoms with E-state index in [2.05, 4.69) is 5.32 Å². The van der Waals surface area contributed by atoms with Crippen LogP contribution in [0.4, 0.5) is 0 Å². The second kappa shape index (κ2) is 5.36. The highest BCUT2D eigenvalue weighted by atomic mass is 35.5. The van der Waals surface area contributed by atoms with Crippen LogP contribution < -0.4 is 14.8 Å².